The van der Waals surface area contributed by atoms with E-state index in [0.29, 0.717) is 5.82 Å². The standard InChI is InChI=1S/C11H22N3O2SSi.Li/c1-11(2,3)10-12-8-9(18(6)7)14(10)17(15,16)13(4)5;/h18H,1-7H3;/q-1;+1. The van der Waals surface area contributed by atoms with Crippen LogP contribution in [-0.2, 0) is 15.6 Å². The molecular formula is C11H22LiN3O2SSi. The van der Waals surface area contributed by atoms with Crippen molar-refractivity contribution < 1.29 is 27.3 Å². The van der Waals surface area contributed by atoms with E-state index in [4.69, 9.17) is 0 Å². The Morgan fingerprint density at radius 3 is 2.05 bits per heavy atom. The predicted octanol–water partition coefficient (Wildman–Crippen LogP) is -2.67. The SMILES string of the molecule is CN(C)S(=O)(=O)n1c([SiH](C)C)[c-]nc1C(C)(C)C.[Li+]. The Hall–Kier alpha value is -0.0657. The number of hydrogen-bond acceptors (Lipinski definition) is 3. The molecule has 0 bridgehead atoms. The molecule has 0 saturated heterocycles. The first-order valence-electron chi connectivity index (χ1n) is 5.93. The van der Waals surface area contributed by atoms with Gasteiger partial charge >= 0.3 is 18.9 Å². The van der Waals surface area contributed by atoms with E-state index in [-0.39, 0.29) is 24.3 Å². The third kappa shape index (κ3) is 3.73. The number of imidazole rings is 1. The zero-order valence-corrected chi connectivity index (χ0v) is 15.1. The van der Waals surface area contributed by atoms with Gasteiger partial charge in [0, 0.05) is 14.1 Å². The van der Waals surface area contributed by atoms with Crippen molar-refractivity contribution in [2.24, 2.45) is 0 Å². The van der Waals surface area contributed by atoms with Crippen LogP contribution in [0.15, 0.2) is 0 Å². The number of aromatic nitrogens is 2. The molecule has 0 N–H and O–H groups in total. The molecule has 1 heterocycles. The fraction of sp³-hybridized carbons (Fsp3) is 0.727. The third-order valence-electron chi connectivity index (χ3n) is 2.60. The van der Waals surface area contributed by atoms with Gasteiger partial charge in [-0.2, -0.15) is 12.7 Å². The maximum absolute atomic E-state index is 12.4. The summed E-state index contributed by atoms with van der Waals surface area (Å²) in [4.78, 5) is 4.22. The Morgan fingerprint density at radius 1 is 1.26 bits per heavy atom. The fourth-order valence-electron chi connectivity index (χ4n) is 1.55. The van der Waals surface area contributed by atoms with Gasteiger partial charge in [-0.1, -0.05) is 39.2 Å². The number of rotatable bonds is 3. The van der Waals surface area contributed by atoms with E-state index in [1.54, 1.807) is 0 Å². The summed E-state index contributed by atoms with van der Waals surface area (Å²) in [5.74, 6) is 0.549. The van der Waals surface area contributed by atoms with Crippen molar-refractivity contribution in [1.29, 1.82) is 0 Å². The fourth-order valence-corrected chi connectivity index (χ4v) is 4.64. The van der Waals surface area contributed by atoms with Crippen molar-refractivity contribution >= 4 is 24.3 Å². The van der Waals surface area contributed by atoms with Crippen LogP contribution >= 0.6 is 0 Å². The second-order valence-electron chi connectivity index (χ2n) is 5.89. The van der Waals surface area contributed by atoms with Gasteiger partial charge in [0.15, 0.2) is 0 Å². The Morgan fingerprint density at radius 2 is 1.74 bits per heavy atom. The molecule has 0 aromatic carbocycles. The second kappa shape index (κ2) is 6.14. The molecule has 0 atom stereocenters. The number of hydrogen-bond donors (Lipinski definition) is 0. The first-order valence-corrected chi connectivity index (χ1v) is 10.2. The van der Waals surface area contributed by atoms with E-state index < -0.39 is 19.0 Å². The largest absolute Gasteiger partial charge is 1.00 e. The van der Waals surface area contributed by atoms with Gasteiger partial charge in [0.05, 0.1) is 8.80 Å². The molecule has 0 unspecified atom stereocenters. The van der Waals surface area contributed by atoms with Gasteiger partial charge in [-0.05, 0) is 11.2 Å². The average Bonchev–Trinajstić information content (AvgIpc) is 2.60. The van der Waals surface area contributed by atoms with Crippen molar-refractivity contribution in [2.45, 2.75) is 39.3 Å². The molecule has 0 aliphatic rings. The second-order valence-corrected chi connectivity index (χ2v) is 10.7. The normalized spacial score (nSPS) is 12.9. The molecule has 0 saturated carbocycles. The smallest absolute Gasteiger partial charge is 0.438 e. The van der Waals surface area contributed by atoms with Crippen LogP contribution in [0.2, 0.25) is 13.1 Å². The van der Waals surface area contributed by atoms with Crippen molar-refractivity contribution in [3.05, 3.63) is 12.0 Å². The average molecular weight is 295 g/mol. The van der Waals surface area contributed by atoms with Gasteiger partial charge < -0.3 is 8.96 Å². The van der Waals surface area contributed by atoms with E-state index in [9.17, 15) is 8.42 Å². The summed E-state index contributed by atoms with van der Waals surface area (Å²) in [6.45, 7) is 10.0. The predicted molar refractivity (Wildman–Crippen MR) is 76.3 cm³/mol. The molecule has 1 aromatic heterocycles. The summed E-state index contributed by atoms with van der Waals surface area (Å²) in [6.07, 6.45) is 2.91. The van der Waals surface area contributed by atoms with Crippen LogP contribution in [0.4, 0.5) is 0 Å². The molecule has 1 aromatic rings. The molecule has 0 fully saturated rings. The summed E-state index contributed by atoms with van der Waals surface area (Å²) in [5, 5.41) is 0.730. The van der Waals surface area contributed by atoms with Gasteiger partial charge in [-0.25, -0.2) is 0 Å². The summed E-state index contributed by atoms with van der Waals surface area (Å²) in [7, 11) is -1.78. The minimum atomic E-state index is -3.53. The molecule has 19 heavy (non-hydrogen) atoms. The first-order chi connectivity index (χ1) is 7.99. The monoisotopic (exact) mass is 295 g/mol. The van der Waals surface area contributed by atoms with Crippen LogP contribution in [0, 0.1) is 6.20 Å². The van der Waals surface area contributed by atoms with Crippen LogP contribution in [0.1, 0.15) is 26.6 Å². The molecule has 5 nitrogen and oxygen atoms in total. The molecule has 0 radical (unpaired) electrons. The van der Waals surface area contributed by atoms with Crippen LogP contribution in [0.25, 0.3) is 0 Å². The maximum atomic E-state index is 12.4. The van der Waals surface area contributed by atoms with Gasteiger partial charge in [-0.3, -0.25) is 0 Å². The van der Waals surface area contributed by atoms with Gasteiger partial charge in [0.25, 0.3) is 10.2 Å². The zero-order chi connectivity index (χ0) is 14.3. The molecule has 1 rings (SSSR count). The molecular weight excluding hydrogens is 273 g/mol. The molecule has 104 valence electrons. The zero-order valence-electron chi connectivity index (χ0n) is 13.1. The third-order valence-corrected chi connectivity index (χ3v) is 6.02. The van der Waals surface area contributed by atoms with E-state index in [1.807, 2.05) is 20.8 Å². The van der Waals surface area contributed by atoms with Gasteiger partial charge in [0.2, 0.25) is 0 Å². The molecule has 8 heteroatoms. The molecule has 0 aliphatic heterocycles. The van der Waals surface area contributed by atoms with Crippen LogP contribution in [0.5, 0.6) is 0 Å². The van der Waals surface area contributed by atoms with Crippen molar-refractivity contribution in [1.82, 2.24) is 13.3 Å². The quantitative estimate of drug-likeness (QED) is 0.452. The summed E-state index contributed by atoms with van der Waals surface area (Å²) in [5.41, 5.74) is -0.332. The molecule has 0 spiro atoms. The Labute approximate surface area is 130 Å². The topological polar surface area (TPSA) is 55.2 Å². The summed E-state index contributed by atoms with van der Waals surface area (Å²) >= 11 is 0. The minimum absolute atomic E-state index is 0. The van der Waals surface area contributed by atoms with Crippen LogP contribution in [-0.4, -0.2) is 44.6 Å². The molecule has 0 amide bonds. The van der Waals surface area contributed by atoms with E-state index in [2.05, 4.69) is 24.3 Å². The van der Waals surface area contributed by atoms with E-state index >= 15 is 0 Å². The van der Waals surface area contributed by atoms with Crippen LogP contribution in [0.3, 0.4) is 0 Å². The number of nitrogens with zero attached hydrogens (tertiary/aromatic N) is 3. The summed E-state index contributed by atoms with van der Waals surface area (Å²) < 4.78 is 27.5. The summed E-state index contributed by atoms with van der Waals surface area (Å²) in [6, 6.07) is 0. The molecule has 0 aliphatic carbocycles. The van der Waals surface area contributed by atoms with E-state index in [1.165, 1.54) is 22.4 Å². The van der Waals surface area contributed by atoms with Crippen LogP contribution < -0.4 is 24.2 Å². The van der Waals surface area contributed by atoms with Crippen molar-refractivity contribution in [2.75, 3.05) is 14.1 Å². The maximum Gasteiger partial charge on any atom is 1.00 e. The Balaban J connectivity index is 0.00000324. The Kier molecular flexibility index (Phi) is 6.12. The van der Waals surface area contributed by atoms with Gasteiger partial charge in [-0.15, -0.1) is 6.20 Å². The van der Waals surface area contributed by atoms with Crippen molar-refractivity contribution in [3.8, 4) is 0 Å². The van der Waals surface area contributed by atoms with E-state index in [0.717, 1.165) is 5.32 Å². The Bertz CT molecular complexity index is 533. The first kappa shape index (κ1) is 18.9. The van der Waals surface area contributed by atoms with Crippen molar-refractivity contribution in [3.63, 3.8) is 0 Å². The van der Waals surface area contributed by atoms with Gasteiger partial charge in [0.1, 0.15) is 0 Å². The minimum Gasteiger partial charge on any atom is -0.438 e.